The van der Waals surface area contributed by atoms with Crippen molar-refractivity contribution < 1.29 is 20.1 Å². The lowest BCUT2D eigenvalue weighted by Gasteiger charge is -2.34. The maximum atomic E-state index is 9.48. The second kappa shape index (κ2) is 5.17. The summed E-state index contributed by atoms with van der Waals surface area (Å²) in [7, 11) is 0. The lowest BCUT2D eigenvalue weighted by molar-refractivity contribution is -0.161. The summed E-state index contributed by atoms with van der Waals surface area (Å²) in [6, 6.07) is 0. The van der Waals surface area contributed by atoms with E-state index >= 15 is 0 Å². The number of hydrogen-bond donors (Lipinski definition) is 3. The fourth-order valence-corrected chi connectivity index (χ4v) is 2.16. The van der Waals surface area contributed by atoms with E-state index in [0.29, 0.717) is 0 Å². The van der Waals surface area contributed by atoms with Gasteiger partial charge in [0.2, 0.25) is 0 Å². The SMILES string of the molecule is CCCS[C@@H]1OC[C@@H](O)[C@H](O)[C@H]1O. The zero-order valence-electron chi connectivity index (χ0n) is 7.59. The Bertz CT molecular complexity index is 153. The van der Waals surface area contributed by atoms with E-state index < -0.39 is 23.7 Å². The van der Waals surface area contributed by atoms with Crippen molar-refractivity contribution in [1.29, 1.82) is 0 Å². The van der Waals surface area contributed by atoms with Gasteiger partial charge in [-0.3, -0.25) is 0 Å². The predicted molar refractivity (Wildman–Crippen MR) is 50.5 cm³/mol. The molecule has 1 aliphatic heterocycles. The maximum absolute atomic E-state index is 9.48. The number of hydrogen-bond acceptors (Lipinski definition) is 5. The van der Waals surface area contributed by atoms with Crippen LogP contribution in [0.1, 0.15) is 13.3 Å². The standard InChI is InChI=1S/C8H16O4S/c1-2-3-13-8-7(11)6(10)5(9)4-12-8/h5-11H,2-4H2,1H3/t5-,6+,7-,8+/m1/s1. The van der Waals surface area contributed by atoms with Crippen LogP contribution < -0.4 is 0 Å². The van der Waals surface area contributed by atoms with Crippen LogP contribution in [0.5, 0.6) is 0 Å². The number of thioether (sulfide) groups is 1. The van der Waals surface area contributed by atoms with Gasteiger partial charge in [0.15, 0.2) is 0 Å². The summed E-state index contributed by atoms with van der Waals surface area (Å²) in [5.74, 6) is 0.880. The van der Waals surface area contributed by atoms with Crippen molar-refractivity contribution in [3.63, 3.8) is 0 Å². The summed E-state index contributed by atoms with van der Waals surface area (Å²) in [5.41, 5.74) is -0.404. The smallest absolute Gasteiger partial charge is 0.131 e. The molecule has 0 radical (unpaired) electrons. The van der Waals surface area contributed by atoms with Crippen LogP contribution in [0.2, 0.25) is 0 Å². The first-order valence-electron chi connectivity index (χ1n) is 4.44. The highest BCUT2D eigenvalue weighted by Crippen LogP contribution is 2.24. The molecule has 0 spiro atoms. The zero-order chi connectivity index (χ0) is 9.84. The van der Waals surface area contributed by atoms with Crippen LogP contribution in [-0.4, -0.2) is 51.4 Å². The number of aliphatic hydroxyl groups excluding tert-OH is 3. The van der Waals surface area contributed by atoms with Gasteiger partial charge in [0, 0.05) is 0 Å². The molecule has 1 aliphatic rings. The fourth-order valence-electron chi connectivity index (χ4n) is 1.16. The van der Waals surface area contributed by atoms with Gasteiger partial charge in [-0.15, -0.1) is 11.8 Å². The van der Waals surface area contributed by atoms with Gasteiger partial charge in [-0.25, -0.2) is 0 Å². The summed E-state index contributed by atoms with van der Waals surface area (Å²) < 4.78 is 5.18. The normalized spacial score (nSPS) is 40.6. The van der Waals surface area contributed by atoms with E-state index in [0.717, 1.165) is 12.2 Å². The van der Waals surface area contributed by atoms with Crippen LogP contribution in [0.4, 0.5) is 0 Å². The van der Waals surface area contributed by atoms with E-state index in [1.807, 2.05) is 6.92 Å². The van der Waals surface area contributed by atoms with Crippen molar-refractivity contribution >= 4 is 11.8 Å². The largest absolute Gasteiger partial charge is 0.388 e. The first-order valence-corrected chi connectivity index (χ1v) is 5.49. The summed E-state index contributed by atoms with van der Waals surface area (Å²) in [6.07, 6.45) is -2.03. The summed E-state index contributed by atoms with van der Waals surface area (Å²) >= 11 is 1.47. The monoisotopic (exact) mass is 208 g/mol. The van der Waals surface area contributed by atoms with Gasteiger partial charge in [0.25, 0.3) is 0 Å². The van der Waals surface area contributed by atoms with Crippen LogP contribution in [0, 0.1) is 0 Å². The quantitative estimate of drug-likeness (QED) is 0.587. The Morgan fingerprint density at radius 1 is 1.31 bits per heavy atom. The van der Waals surface area contributed by atoms with E-state index in [4.69, 9.17) is 9.84 Å². The molecule has 0 aromatic heterocycles. The van der Waals surface area contributed by atoms with Crippen LogP contribution in [0.25, 0.3) is 0 Å². The topological polar surface area (TPSA) is 69.9 Å². The first kappa shape index (κ1) is 11.3. The minimum atomic E-state index is -1.08. The number of ether oxygens (including phenoxy) is 1. The molecular formula is C8H16O4S. The van der Waals surface area contributed by atoms with Crippen molar-refractivity contribution in [3.8, 4) is 0 Å². The highest BCUT2D eigenvalue weighted by atomic mass is 32.2. The molecule has 0 amide bonds. The summed E-state index contributed by atoms with van der Waals surface area (Å²) in [4.78, 5) is 0. The molecule has 0 saturated carbocycles. The Morgan fingerprint density at radius 2 is 2.00 bits per heavy atom. The molecule has 0 bridgehead atoms. The lowest BCUT2D eigenvalue weighted by Crippen LogP contribution is -2.51. The third-order valence-electron chi connectivity index (χ3n) is 1.94. The van der Waals surface area contributed by atoms with E-state index in [1.165, 1.54) is 11.8 Å². The Hall–Kier alpha value is 0.190. The van der Waals surface area contributed by atoms with Gasteiger partial charge in [-0.2, -0.15) is 0 Å². The molecule has 0 unspecified atom stereocenters. The van der Waals surface area contributed by atoms with Gasteiger partial charge >= 0.3 is 0 Å². The Kier molecular flexibility index (Phi) is 4.48. The van der Waals surface area contributed by atoms with Gasteiger partial charge in [-0.1, -0.05) is 6.92 Å². The van der Waals surface area contributed by atoms with Gasteiger partial charge in [-0.05, 0) is 12.2 Å². The number of rotatable bonds is 3. The molecule has 1 saturated heterocycles. The van der Waals surface area contributed by atoms with Gasteiger partial charge in [0.1, 0.15) is 23.7 Å². The van der Waals surface area contributed by atoms with Crippen molar-refractivity contribution in [2.75, 3.05) is 12.4 Å². The van der Waals surface area contributed by atoms with Crippen LogP contribution >= 0.6 is 11.8 Å². The molecule has 1 fully saturated rings. The molecule has 3 N–H and O–H groups in total. The average molecular weight is 208 g/mol. The molecule has 13 heavy (non-hydrogen) atoms. The predicted octanol–water partition coefficient (Wildman–Crippen LogP) is -0.431. The second-order valence-electron chi connectivity index (χ2n) is 3.12. The minimum Gasteiger partial charge on any atom is -0.388 e. The molecular weight excluding hydrogens is 192 g/mol. The first-order chi connectivity index (χ1) is 6.16. The maximum Gasteiger partial charge on any atom is 0.131 e. The third-order valence-corrected chi connectivity index (χ3v) is 3.33. The third kappa shape index (κ3) is 2.82. The van der Waals surface area contributed by atoms with E-state index in [-0.39, 0.29) is 6.61 Å². The van der Waals surface area contributed by atoms with Crippen LogP contribution in [0.3, 0.4) is 0 Å². The Balaban J connectivity index is 2.39. The molecule has 1 heterocycles. The number of aliphatic hydroxyl groups is 3. The minimum absolute atomic E-state index is 0.0968. The van der Waals surface area contributed by atoms with Crippen molar-refractivity contribution in [2.45, 2.75) is 37.1 Å². The Morgan fingerprint density at radius 3 is 2.62 bits per heavy atom. The van der Waals surface area contributed by atoms with E-state index in [2.05, 4.69) is 0 Å². The molecule has 0 aromatic carbocycles. The molecule has 0 aromatic rings. The lowest BCUT2D eigenvalue weighted by atomic mass is 10.1. The zero-order valence-corrected chi connectivity index (χ0v) is 8.41. The van der Waals surface area contributed by atoms with E-state index in [9.17, 15) is 10.2 Å². The van der Waals surface area contributed by atoms with Gasteiger partial charge < -0.3 is 20.1 Å². The molecule has 1 rings (SSSR count). The summed E-state index contributed by atoms with van der Waals surface area (Å²) in [6.45, 7) is 2.13. The molecule has 0 aliphatic carbocycles. The molecule has 78 valence electrons. The highest BCUT2D eigenvalue weighted by molar-refractivity contribution is 7.99. The fraction of sp³-hybridized carbons (Fsp3) is 1.00. The van der Waals surface area contributed by atoms with Crippen molar-refractivity contribution in [3.05, 3.63) is 0 Å². The molecule has 5 heteroatoms. The molecule has 4 atom stereocenters. The average Bonchev–Trinajstić information content (AvgIpc) is 2.13. The van der Waals surface area contributed by atoms with Crippen LogP contribution in [0.15, 0.2) is 0 Å². The van der Waals surface area contributed by atoms with Crippen molar-refractivity contribution in [1.82, 2.24) is 0 Å². The molecule has 4 nitrogen and oxygen atoms in total. The summed E-state index contributed by atoms with van der Waals surface area (Å²) in [5, 5.41) is 27.9. The van der Waals surface area contributed by atoms with Gasteiger partial charge in [0.05, 0.1) is 6.61 Å². The van der Waals surface area contributed by atoms with E-state index in [1.54, 1.807) is 0 Å². The second-order valence-corrected chi connectivity index (χ2v) is 4.33. The van der Waals surface area contributed by atoms with Crippen molar-refractivity contribution in [2.24, 2.45) is 0 Å². The van der Waals surface area contributed by atoms with Crippen LogP contribution in [-0.2, 0) is 4.74 Å². The Labute approximate surface area is 81.9 Å². The highest BCUT2D eigenvalue weighted by Gasteiger charge is 2.37.